The molecule has 0 spiro atoms. The number of hydrogen-bond donors (Lipinski definition) is 1. The Bertz CT molecular complexity index is 708. The van der Waals surface area contributed by atoms with Crippen molar-refractivity contribution in [2.75, 3.05) is 12.8 Å². The Morgan fingerprint density at radius 3 is 2.95 bits per heavy atom. The smallest absolute Gasteiger partial charge is 0.342 e. The monoisotopic (exact) mass is 283 g/mol. The summed E-state index contributed by atoms with van der Waals surface area (Å²) in [6.45, 7) is -0.0386. The van der Waals surface area contributed by atoms with Crippen LogP contribution in [-0.4, -0.2) is 18.1 Å². The molecule has 0 fully saturated rings. The van der Waals surface area contributed by atoms with Crippen molar-refractivity contribution < 1.29 is 14.3 Å². The standard InChI is InChI=1S/C15H13N3O3/c1-20-14-7-11(17)4-5-12(14)15(19)21-9-10-3-2-6-18-13(10)8-16/h2-7H,9,17H2,1H3. The zero-order valence-corrected chi connectivity index (χ0v) is 11.4. The molecule has 106 valence electrons. The predicted molar refractivity (Wildman–Crippen MR) is 75.5 cm³/mol. The maximum atomic E-state index is 12.1. The molecule has 1 heterocycles. The Morgan fingerprint density at radius 2 is 2.24 bits per heavy atom. The minimum atomic E-state index is -0.556. The summed E-state index contributed by atoms with van der Waals surface area (Å²) in [5, 5.41) is 8.93. The first-order valence-electron chi connectivity index (χ1n) is 6.10. The quantitative estimate of drug-likeness (QED) is 0.679. The molecular formula is C15H13N3O3. The molecule has 0 saturated heterocycles. The average Bonchev–Trinajstić information content (AvgIpc) is 2.52. The molecule has 6 heteroatoms. The molecule has 2 aromatic rings. The molecule has 0 aliphatic carbocycles. The number of methoxy groups -OCH3 is 1. The van der Waals surface area contributed by atoms with Gasteiger partial charge in [0, 0.05) is 23.5 Å². The average molecular weight is 283 g/mol. The molecule has 0 aliphatic heterocycles. The first kappa shape index (κ1) is 14.3. The number of hydrogen-bond acceptors (Lipinski definition) is 6. The molecule has 2 N–H and O–H groups in total. The molecular weight excluding hydrogens is 270 g/mol. The molecule has 1 aromatic carbocycles. The first-order valence-corrected chi connectivity index (χ1v) is 6.10. The number of nitrogen functional groups attached to an aromatic ring is 1. The fourth-order valence-electron chi connectivity index (χ4n) is 1.75. The Morgan fingerprint density at radius 1 is 1.43 bits per heavy atom. The molecule has 1 aromatic heterocycles. The molecule has 0 unspecified atom stereocenters. The number of esters is 1. The summed E-state index contributed by atoms with van der Waals surface area (Å²) < 4.78 is 10.3. The summed E-state index contributed by atoms with van der Waals surface area (Å²) in [6.07, 6.45) is 1.51. The van der Waals surface area contributed by atoms with Crippen molar-refractivity contribution in [2.24, 2.45) is 0 Å². The van der Waals surface area contributed by atoms with Crippen LogP contribution in [0.5, 0.6) is 5.75 Å². The number of benzene rings is 1. The second-order valence-electron chi connectivity index (χ2n) is 4.16. The van der Waals surface area contributed by atoms with Crippen LogP contribution in [0.15, 0.2) is 36.5 Å². The summed E-state index contributed by atoms with van der Waals surface area (Å²) >= 11 is 0. The number of anilines is 1. The lowest BCUT2D eigenvalue weighted by atomic mass is 10.2. The highest BCUT2D eigenvalue weighted by Gasteiger charge is 2.15. The van der Waals surface area contributed by atoms with Gasteiger partial charge in [0.15, 0.2) is 0 Å². The normalized spacial score (nSPS) is 9.71. The van der Waals surface area contributed by atoms with Crippen LogP contribution in [0.1, 0.15) is 21.6 Å². The molecule has 0 radical (unpaired) electrons. The van der Waals surface area contributed by atoms with Gasteiger partial charge in [-0.05, 0) is 18.2 Å². The first-order chi connectivity index (χ1) is 10.2. The van der Waals surface area contributed by atoms with Crippen LogP contribution in [0, 0.1) is 11.3 Å². The second kappa shape index (κ2) is 6.39. The highest BCUT2D eigenvalue weighted by molar-refractivity contribution is 5.93. The van der Waals surface area contributed by atoms with E-state index in [1.165, 1.54) is 19.4 Å². The number of rotatable bonds is 4. The Labute approximate surface area is 121 Å². The van der Waals surface area contributed by atoms with Crippen molar-refractivity contribution in [2.45, 2.75) is 6.61 Å². The van der Waals surface area contributed by atoms with E-state index in [1.807, 2.05) is 6.07 Å². The van der Waals surface area contributed by atoms with Gasteiger partial charge in [-0.1, -0.05) is 6.07 Å². The van der Waals surface area contributed by atoms with Crippen molar-refractivity contribution >= 4 is 11.7 Å². The molecule has 2 rings (SSSR count). The molecule has 0 atom stereocenters. The third-order valence-corrected chi connectivity index (χ3v) is 2.80. The van der Waals surface area contributed by atoms with E-state index in [1.54, 1.807) is 24.3 Å². The minimum Gasteiger partial charge on any atom is -0.496 e. The Kier molecular flexibility index (Phi) is 4.36. The highest BCUT2D eigenvalue weighted by Crippen LogP contribution is 2.22. The third kappa shape index (κ3) is 3.28. The maximum Gasteiger partial charge on any atom is 0.342 e. The molecule has 0 amide bonds. The van der Waals surface area contributed by atoms with Gasteiger partial charge in [0.2, 0.25) is 0 Å². The third-order valence-electron chi connectivity index (χ3n) is 2.80. The maximum absolute atomic E-state index is 12.1. The Hall–Kier alpha value is -3.07. The number of nitrogens with zero attached hydrogens (tertiary/aromatic N) is 2. The van der Waals surface area contributed by atoms with Gasteiger partial charge < -0.3 is 15.2 Å². The lowest BCUT2D eigenvalue weighted by Gasteiger charge is -2.09. The summed E-state index contributed by atoms with van der Waals surface area (Å²) in [5.41, 5.74) is 7.17. The second-order valence-corrected chi connectivity index (χ2v) is 4.16. The number of nitrogens with two attached hydrogens (primary N) is 1. The van der Waals surface area contributed by atoms with Crippen LogP contribution in [-0.2, 0) is 11.3 Å². The van der Waals surface area contributed by atoms with E-state index in [-0.39, 0.29) is 17.9 Å². The van der Waals surface area contributed by atoms with Gasteiger partial charge in [0.1, 0.15) is 29.7 Å². The summed E-state index contributed by atoms with van der Waals surface area (Å²) in [6, 6.07) is 9.96. The van der Waals surface area contributed by atoms with E-state index in [0.29, 0.717) is 17.0 Å². The largest absolute Gasteiger partial charge is 0.496 e. The molecule has 21 heavy (non-hydrogen) atoms. The van der Waals surface area contributed by atoms with Gasteiger partial charge in [-0.25, -0.2) is 9.78 Å². The van der Waals surface area contributed by atoms with Crippen molar-refractivity contribution in [3.63, 3.8) is 0 Å². The van der Waals surface area contributed by atoms with E-state index in [0.717, 1.165) is 0 Å². The van der Waals surface area contributed by atoms with Crippen molar-refractivity contribution in [3.8, 4) is 11.8 Å². The zero-order chi connectivity index (χ0) is 15.2. The number of carbonyl (C=O) groups is 1. The van der Waals surface area contributed by atoms with Crippen LogP contribution in [0.25, 0.3) is 0 Å². The van der Waals surface area contributed by atoms with E-state index in [2.05, 4.69) is 4.98 Å². The zero-order valence-electron chi connectivity index (χ0n) is 11.4. The molecule has 6 nitrogen and oxygen atoms in total. The van der Waals surface area contributed by atoms with Crippen LogP contribution in [0.2, 0.25) is 0 Å². The summed E-state index contributed by atoms with van der Waals surface area (Å²) in [5.74, 6) is -0.216. The van der Waals surface area contributed by atoms with Gasteiger partial charge in [0.05, 0.1) is 7.11 Å². The highest BCUT2D eigenvalue weighted by atomic mass is 16.5. The number of carbonyl (C=O) groups excluding carboxylic acids is 1. The predicted octanol–water partition coefficient (Wildman–Crippen LogP) is 1.90. The van der Waals surface area contributed by atoms with Gasteiger partial charge in [0.25, 0.3) is 0 Å². The summed E-state index contributed by atoms with van der Waals surface area (Å²) in [7, 11) is 1.44. The fourth-order valence-corrected chi connectivity index (χ4v) is 1.75. The van der Waals surface area contributed by atoms with Gasteiger partial charge in [-0.15, -0.1) is 0 Å². The van der Waals surface area contributed by atoms with E-state index >= 15 is 0 Å². The van der Waals surface area contributed by atoms with Gasteiger partial charge in [-0.2, -0.15) is 5.26 Å². The number of nitriles is 1. The van der Waals surface area contributed by atoms with Crippen molar-refractivity contribution in [1.29, 1.82) is 5.26 Å². The number of pyridine rings is 1. The molecule has 0 aliphatic rings. The van der Waals surface area contributed by atoms with Crippen LogP contribution in [0.3, 0.4) is 0 Å². The number of ether oxygens (including phenoxy) is 2. The summed E-state index contributed by atoms with van der Waals surface area (Å²) in [4.78, 5) is 16.0. The Balaban J connectivity index is 2.14. The van der Waals surface area contributed by atoms with Crippen molar-refractivity contribution in [3.05, 3.63) is 53.3 Å². The SMILES string of the molecule is COc1cc(N)ccc1C(=O)OCc1cccnc1C#N. The molecule has 0 saturated carbocycles. The van der Waals surface area contributed by atoms with E-state index in [9.17, 15) is 4.79 Å². The van der Waals surface area contributed by atoms with Gasteiger partial charge in [-0.3, -0.25) is 0 Å². The minimum absolute atomic E-state index is 0.0386. The topological polar surface area (TPSA) is 98.2 Å². The van der Waals surface area contributed by atoms with Crippen LogP contribution >= 0.6 is 0 Å². The molecule has 0 bridgehead atoms. The fraction of sp³-hybridized carbons (Fsp3) is 0.133. The van der Waals surface area contributed by atoms with Crippen LogP contribution in [0.4, 0.5) is 5.69 Å². The number of aromatic nitrogens is 1. The van der Waals surface area contributed by atoms with Gasteiger partial charge >= 0.3 is 5.97 Å². The lowest BCUT2D eigenvalue weighted by molar-refractivity contribution is 0.0468. The lowest BCUT2D eigenvalue weighted by Crippen LogP contribution is -2.08. The van der Waals surface area contributed by atoms with Crippen molar-refractivity contribution in [1.82, 2.24) is 4.98 Å². The van der Waals surface area contributed by atoms with E-state index < -0.39 is 5.97 Å². The van der Waals surface area contributed by atoms with E-state index in [4.69, 9.17) is 20.5 Å². The van der Waals surface area contributed by atoms with Crippen LogP contribution < -0.4 is 10.5 Å².